The van der Waals surface area contributed by atoms with Gasteiger partial charge in [-0.1, -0.05) is 36.4 Å². The Morgan fingerprint density at radius 3 is 2.63 bits per heavy atom. The van der Waals surface area contributed by atoms with Gasteiger partial charge in [-0.05, 0) is 55.9 Å². The number of likely N-dealkylation sites (tertiary alicyclic amines) is 1. The Morgan fingerprint density at radius 2 is 2.00 bits per heavy atom. The highest BCUT2D eigenvalue weighted by molar-refractivity contribution is 5.94. The molecule has 2 aromatic carbocycles. The zero-order valence-corrected chi connectivity index (χ0v) is 15.9. The number of halogens is 1. The van der Waals surface area contributed by atoms with Crippen LogP contribution in [-0.2, 0) is 11.8 Å². The molecule has 1 aliphatic carbocycles. The molecule has 1 saturated carbocycles. The summed E-state index contributed by atoms with van der Waals surface area (Å²) in [4.78, 5) is 14.7. The van der Waals surface area contributed by atoms with Crippen molar-refractivity contribution in [1.29, 1.82) is 0 Å². The van der Waals surface area contributed by atoms with Crippen LogP contribution in [0, 0.1) is 11.7 Å². The summed E-state index contributed by atoms with van der Waals surface area (Å²) >= 11 is 0. The van der Waals surface area contributed by atoms with Crippen LogP contribution in [-0.4, -0.2) is 34.6 Å². The molecule has 2 unspecified atom stereocenters. The fourth-order valence-electron chi connectivity index (χ4n) is 4.54. The van der Waals surface area contributed by atoms with Crippen molar-refractivity contribution in [2.24, 2.45) is 5.92 Å². The van der Waals surface area contributed by atoms with Crippen LogP contribution in [0.5, 0.6) is 0 Å². The van der Waals surface area contributed by atoms with E-state index in [1.807, 2.05) is 11.0 Å². The molecule has 1 aliphatic heterocycles. The number of fused-ring (bicyclic) bond motifs is 1. The van der Waals surface area contributed by atoms with E-state index in [1.54, 1.807) is 26.0 Å². The minimum absolute atomic E-state index is 0.0997. The van der Waals surface area contributed by atoms with Gasteiger partial charge in [-0.3, -0.25) is 4.79 Å². The van der Waals surface area contributed by atoms with Crippen molar-refractivity contribution in [1.82, 2.24) is 4.90 Å². The number of nitrogens with zero attached hydrogens (tertiary/aromatic N) is 1. The molecule has 4 heteroatoms. The lowest BCUT2D eigenvalue weighted by Gasteiger charge is -2.32. The van der Waals surface area contributed by atoms with E-state index in [-0.39, 0.29) is 17.7 Å². The van der Waals surface area contributed by atoms with E-state index in [9.17, 15) is 14.3 Å². The first-order valence-corrected chi connectivity index (χ1v) is 9.64. The van der Waals surface area contributed by atoms with Crippen molar-refractivity contribution >= 4 is 5.91 Å². The van der Waals surface area contributed by atoms with Crippen LogP contribution in [0.3, 0.4) is 0 Å². The lowest BCUT2D eigenvalue weighted by Crippen LogP contribution is -2.40. The maximum atomic E-state index is 14.4. The summed E-state index contributed by atoms with van der Waals surface area (Å²) in [5.41, 5.74) is 1.46. The molecule has 27 heavy (non-hydrogen) atoms. The standard InChI is InChI=1S/C23H26FNO2/c1-22(2,27)13-17-9-8-16(12-20(17)24)21(26)25-11-10-23(14-19(23)15-25)18-6-4-3-5-7-18/h3-9,12,19,27H,10-11,13-15H2,1-2H3. The molecule has 4 rings (SSSR count). The Balaban J connectivity index is 1.45. The molecule has 2 atom stereocenters. The Labute approximate surface area is 159 Å². The number of hydrogen-bond acceptors (Lipinski definition) is 2. The SMILES string of the molecule is CC(C)(O)Cc1ccc(C(=O)N2CCC3(c4ccccc4)CC3C2)cc1F. The number of rotatable bonds is 4. The molecule has 142 valence electrons. The molecule has 1 saturated heterocycles. The van der Waals surface area contributed by atoms with Crippen LogP contribution in [0.1, 0.15) is 48.2 Å². The molecule has 0 bridgehead atoms. The van der Waals surface area contributed by atoms with E-state index in [0.717, 1.165) is 19.4 Å². The third-order valence-electron chi connectivity index (χ3n) is 6.06. The van der Waals surface area contributed by atoms with Crippen molar-refractivity contribution in [3.05, 3.63) is 71.0 Å². The topological polar surface area (TPSA) is 40.5 Å². The Morgan fingerprint density at radius 1 is 1.26 bits per heavy atom. The predicted molar refractivity (Wildman–Crippen MR) is 103 cm³/mol. The van der Waals surface area contributed by atoms with Crippen molar-refractivity contribution in [3.8, 4) is 0 Å². The van der Waals surface area contributed by atoms with Gasteiger partial charge in [0, 0.05) is 30.5 Å². The summed E-state index contributed by atoms with van der Waals surface area (Å²) in [6.45, 7) is 4.74. The molecule has 2 aliphatic rings. The molecule has 0 spiro atoms. The second kappa shape index (κ2) is 6.45. The lowest BCUT2D eigenvalue weighted by atomic mass is 9.87. The first kappa shape index (κ1) is 18.2. The van der Waals surface area contributed by atoms with Gasteiger partial charge in [0.15, 0.2) is 0 Å². The highest BCUT2D eigenvalue weighted by Crippen LogP contribution is 2.59. The highest BCUT2D eigenvalue weighted by atomic mass is 19.1. The molecule has 1 N–H and O–H groups in total. The first-order chi connectivity index (χ1) is 12.8. The predicted octanol–water partition coefficient (Wildman–Crippen LogP) is 3.94. The Hall–Kier alpha value is -2.20. The van der Waals surface area contributed by atoms with E-state index in [4.69, 9.17) is 0 Å². The largest absolute Gasteiger partial charge is 0.390 e. The normalized spacial score (nSPS) is 24.4. The first-order valence-electron chi connectivity index (χ1n) is 9.64. The number of carbonyl (C=O) groups excluding carboxylic acids is 1. The van der Waals surface area contributed by atoms with Crippen LogP contribution in [0.15, 0.2) is 48.5 Å². The molecule has 1 heterocycles. The van der Waals surface area contributed by atoms with Crippen LogP contribution in [0.25, 0.3) is 0 Å². The van der Waals surface area contributed by atoms with Gasteiger partial charge in [0.25, 0.3) is 5.91 Å². The molecule has 2 aromatic rings. The van der Waals surface area contributed by atoms with Crippen molar-refractivity contribution in [2.45, 2.75) is 44.1 Å². The summed E-state index contributed by atoms with van der Waals surface area (Å²) in [6.07, 6.45) is 2.31. The monoisotopic (exact) mass is 367 g/mol. The third-order valence-corrected chi connectivity index (χ3v) is 6.06. The fraction of sp³-hybridized carbons (Fsp3) is 0.435. The summed E-state index contributed by atoms with van der Waals surface area (Å²) in [7, 11) is 0. The van der Waals surface area contributed by atoms with E-state index >= 15 is 0 Å². The smallest absolute Gasteiger partial charge is 0.253 e. The Kier molecular flexibility index (Phi) is 4.34. The molecular weight excluding hydrogens is 341 g/mol. The molecule has 0 aromatic heterocycles. The van der Waals surface area contributed by atoms with Gasteiger partial charge in [0.1, 0.15) is 5.82 Å². The second-order valence-electron chi connectivity index (χ2n) is 8.72. The van der Waals surface area contributed by atoms with Gasteiger partial charge in [-0.25, -0.2) is 4.39 Å². The van der Waals surface area contributed by atoms with Crippen molar-refractivity contribution in [2.75, 3.05) is 13.1 Å². The summed E-state index contributed by atoms with van der Waals surface area (Å²) in [5.74, 6) is -0.0285. The molecular formula is C23H26FNO2. The van der Waals surface area contributed by atoms with Crippen LogP contribution in [0.2, 0.25) is 0 Å². The maximum absolute atomic E-state index is 14.4. The van der Waals surface area contributed by atoms with E-state index in [2.05, 4.69) is 24.3 Å². The van der Waals surface area contributed by atoms with Gasteiger partial charge >= 0.3 is 0 Å². The quantitative estimate of drug-likeness (QED) is 0.889. The third kappa shape index (κ3) is 3.51. The van der Waals surface area contributed by atoms with Crippen LogP contribution < -0.4 is 0 Å². The van der Waals surface area contributed by atoms with Gasteiger partial charge in [-0.15, -0.1) is 0 Å². The second-order valence-corrected chi connectivity index (χ2v) is 8.72. The number of hydrogen-bond donors (Lipinski definition) is 1. The number of aliphatic hydroxyl groups is 1. The van der Waals surface area contributed by atoms with E-state index < -0.39 is 11.4 Å². The fourth-order valence-corrected chi connectivity index (χ4v) is 4.54. The molecule has 3 nitrogen and oxygen atoms in total. The Bertz CT molecular complexity index is 858. The van der Waals surface area contributed by atoms with Crippen molar-refractivity contribution in [3.63, 3.8) is 0 Å². The average Bonchev–Trinajstić information content (AvgIpc) is 3.37. The van der Waals surface area contributed by atoms with Gasteiger partial charge < -0.3 is 10.0 Å². The van der Waals surface area contributed by atoms with Gasteiger partial charge in [-0.2, -0.15) is 0 Å². The summed E-state index contributed by atoms with van der Waals surface area (Å²) in [5, 5.41) is 9.89. The zero-order chi connectivity index (χ0) is 19.2. The van der Waals surface area contributed by atoms with E-state index in [1.165, 1.54) is 11.6 Å². The van der Waals surface area contributed by atoms with Crippen LogP contribution in [0.4, 0.5) is 4.39 Å². The number of piperidine rings is 1. The van der Waals surface area contributed by atoms with Gasteiger partial charge in [0.2, 0.25) is 0 Å². The number of benzene rings is 2. The van der Waals surface area contributed by atoms with Gasteiger partial charge in [0.05, 0.1) is 5.60 Å². The summed E-state index contributed by atoms with van der Waals surface area (Å²) < 4.78 is 14.4. The maximum Gasteiger partial charge on any atom is 0.253 e. The average molecular weight is 367 g/mol. The minimum atomic E-state index is -0.980. The van der Waals surface area contributed by atoms with Crippen molar-refractivity contribution < 1.29 is 14.3 Å². The molecule has 0 radical (unpaired) electrons. The highest BCUT2D eigenvalue weighted by Gasteiger charge is 2.57. The molecule has 2 fully saturated rings. The lowest BCUT2D eigenvalue weighted by molar-refractivity contribution is 0.0706. The molecule has 1 amide bonds. The summed E-state index contributed by atoms with van der Waals surface area (Å²) in [6, 6.07) is 15.2. The number of amides is 1. The minimum Gasteiger partial charge on any atom is -0.390 e. The van der Waals surface area contributed by atoms with E-state index in [0.29, 0.717) is 23.6 Å². The zero-order valence-electron chi connectivity index (χ0n) is 15.9. The number of carbonyl (C=O) groups is 1. The van der Waals surface area contributed by atoms with Crippen LogP contribution >= 0.6 is 0 Å².